The summed E-state index contributed by atoms with van der Waals surface area (Å²) >= 11 is 6.06. The lowest BCUT2D eigenvalue weighted by molar-refractivity contribution is -0.130. The molecule has 0 aromatic heterocycles. The predicted octanol–water partition coefficient (Wildman–Crippen LogP) is 4.05. The van der Waals surface area contributed by atoms with Crippen molar-refractivity contribution in [3.05, 3.63) is 64.7 Å². The van der Waals surface area contributed by atoms with Gasteiger partial charge >= 0.3 is 0 Å². The Morgan fingerprint density at radius 1 is 1.08 bits per heavy atom. The fourth-order valence-electron chi connectivity index (χ4n) is 2.66. The Morgan fingerprint density at radius 2 is 1.76 bits per heavy atom. The van der Waals surface area contributed by atoms with Crippen molar-refractivity contribution in [3.8, 4) is 0 Å². The number of amides is 2. The molecule has 0 aliphatic carbocycles. The molecule has 0 unspecified atom stereocenters. The van der Waals surface area contributed by atoms with Crippen molar-refractivity contribution in [2.75, 3.05) is 18.5 Å². The standard InChI is InChI=1S/C20H23ClN2O2/c1-15-9-10-18(21)13-19(15)23(16(2)24)12-11-20(25)22(3)14-17-7-5-4-6-8-17/h4-10,13H,11-12,14H2,1-3H3. The van der Waals surface area contributed by atoms with Crippen LogP contribution in [0.1, 0.15) is 24.5 Å². The topological polar surface area (TPSA) is 40.6 Å². The summed E-state index contributed by atoms with van der Waals surface area (Å²) in [5.74, 6) is -0.112. The highest BCUT2D eigenvalue weighted by molar-refractivity contribution is 6.31. The zero-order valence-electron chi connectivity index (χ0n) is 14.8. The first kappa shape index (κ1) is 19.0. The molecule has 0 saturated carbocycles. The number of anilines is 1. The molecule has 0 fully saturated rings. The number of aryl methyl sites for hydroxylation is 1. The van der Waals surface area contributed by atoms with E-state index in [0.29, 0.717) is 18.1 Å². The van der Waals surface area contributed by atoms with Crippen LogP contribution in [0.5, 0.6) is 0 Å². The lowest BCUT2D eigenvalue weighted by atomic mass is 10.1. The first-order valence-corrected chi connectivity index (χ1v) is 8.58. The van der Waals surface area contributed by atoms with Gasteiger partial charge in [-0.25, -0.2) is 0 Å². The molecule has 0 spiro atoms. The molecule has 2 amide bonds. The summed E-state index contributed by atoms with van der Waals surface area (Å²) < 4.78 is 0. The van der Waals surface area contributed by atoms with Crippen LogP contribution in [0.25, 0.3) is 0 Å². The van der Waals surface area contributed by atoms with Gasteiger partial charge in [-0.2, -0.15) is 0 Å². The van der Waals surface area contributed by atoms with Crippen molar-refractivity contribution in [1.82, 2.24) is 4.90 Å². The Morgan fingerprint density at radius 3 is 2.40 bits per heavy atom. The average molecular weight is 359 g/mol. The van der Waals surface area contributed by atoms with Crippen molar-refractivity contribution < 1.29 is 9.59 Å². The zero-order valence-corrected chi connectivity index (χ0v) is 15.6. The number of carbonyl (C=O) groups excluding carboxylic acids is 2. The summed E-state index contributed by atoms with van der Waals surface area (Å²) in [7, 11) is 1.78. The van der Waals surface area contributed by atoms with Gasteiger partial charge in [-0.15, -0.1) is 0 Å². The minimum Gasteiger partial charge on any atom is -0.341 e. The van der Waals surface area contributed by atoms with Crippen LogP contribution in [-0.2, 0) is 16.1 Å². The third kappa shape index (κ3) is 5.33. The number of nitrogens with zero attached hydrogens (tertiary/aromatic N) is 2. The van der Waals surface area contributed by atoms with E-state index in [1.165, 1.54) is 6.92 Å². The van der Waals surface area contributed by atoms with Crippen LogP contribution in [0.2, 0.25) is 5.02 Å². The van der Waals surface area contributed by atoms with E-state index in [-0.39, 0.29) is 18.2 Å². The lowest BCUT2D eigenvalue weighted by Crippen LogP contribution is -2.35. The first-order valence-electron chi connectivity index (χ1n) is 8.20. The molecule has 4 nitrogen and oxygen atoms in total. The van der Waals surface area contributed by atoms with Gasteiger partial charge in [0.2, 0.25) is 11.8 Å². The van der Waals surface area contributed by atoms with Crippen molar-refractivity contribution in [3.63, 3.8) is 0 Å². The molecule has 2 aromatic carbocycles. The second-order valence-electron chi connectivity index (χ2n) is 6.09. The Kier molecular flexibility index (Phi) is 6.59. The summed E-state index contributed by atoms with van der Waals surface area (Å²) in [6.45, 7) is 4.30. The Hall–Kier alpha value is -2.33. The summed E-state index contributed by atoms with van der Waals surface area (Å²) in [5.41, 5.74) is 2.77. The van der Waals surface area contributed by atoms with E-state index in [0.717, 1.165) is 16.8 Å². The highest BCUT2D eigenvalue weighted by atomic mass is 35.5. The van der Waals surface area contributed by atoms with E-state index < -0.39 is 0 Å². The molecule has 0 radical (unpaired) electrons. The normalized spacial score (nSPS) is 10.4. The molecule has 0 aliphatic heterocycles. The van der Waals surface area contributed by atoms with Crippen molar-refractivity contribution in [2.45, 2.75) is 26.8 Å². The van der Waals surface area contributed by atoms with Gasteiger partial charge in [0.05, 0.1) is 0 Å². The molecule has 0 bridgehead atoms. The van der Waals surface area contributed by atoms with Gasteiger partial charge in [0.25, 0.3) is 0 Å². The number of hydrogen-bond acceptors (Lipinski definition) is 2. The highest BCUT2D eigenvalue weighted by Crippen LogP contribution is 2.24. The number of hydrogen-bond donors (Lipinski definition) is 0. The summed E-state index contributed by atoms with van der Waals surface area (Å²) in [5, 5.41) is 0.569. The van der Waals surface area contributed by atoms with Gasteiger partial charge in [-0.05, 0) is 30.2 Å². The SMILES string of the molecule is CC(=O)N(CCC(=O)N(C)Cc1ccccc1)c1cc(Cl)ccc1C. The molecule has 0 atom stereocenters. The minimum atomic E-state index is -0.108. The summed E-state index contributed by atoms with van der Waals surface area (Å²) in [6, 6.07) is 15.2. The van der Waals surface area contributed by atoms with Crippen LogP contribution >= 0.6 is 11.6 Å². The van der Waals surface area contributed by atoms with E-state index in [2.05, 4.69) is 0 Å². The second-order valence-corrected chi connectivity index (χ2v) is 6.52. The van der Waals surface area contributed by atoms with E-state index in [9.17, 15) is 9.59 Å². The van der Waals surface area contributed by atoms with Gasteiger partial charge in [0.1, 0.15) is 0 Å². The number of halogens is 1. The van der Waals surface area contributed by atoms with E-state index >= 15 is 0 Å². The molecule has 2 aromatic rings. The smallest absolute Gasteiger partial charge is 0.224 e. The van der Waals surface area contributed by atoms with Crippen LogP contribution in [0, 0.1) is 6.92 Å². The third-order valence-electron chi connectivity index (χ3n) is 4.08. The molecule has 0 saturated heterocycles. The van der Waals surface area contributed by atoms with Gasteiger partial charge in [-0.3, -0.25) is 9.59 Å². The maximum atomic E-state index is 12.4. The maximum Gasteiger partial charge on any atom is 0.224 e. The fraction of sp³-hybridized carbons (Fsp3) is 0.300. The van der Waals surface area contributed by atoms with Crippen LogP contribution in [-0.4, -0.2) is 30.3 Å². The summed E-state index contributed by atoms with van der Waals surface area (Å²) in [4.78, 5) is 27.7. The molecule has 0 heterocycles. The van der Waals surface area contributed by atoms with Crippen molar-refractivity contribution in [2.24, 2.45) is 0 Å². The number of rotatable bonds is 6. The Bertz CT molecular complexity index is 747. The molecule has 2 rings (SSSR count). The van der Waals surface area contributed by atoms with E-state index in [1.54, 1.807) is 29.0 Å². The first-order chi connectivity index (χ1) is 11.9. The molecule has 0 aliphatic rings. The number of benzene rings is 2. The largest absolute Gasteiger partial charge is 0.341 e. The highest BCUT2D eigenvalue weighted by Gasteiger charge is 2.17. The quantitative estimate of drug-likeness (QED) is 0.781. The van der Waals surface area contributed by atoms with Crippen LogP contribution < -0.4 is 4.90 Å². The van der Waals surface area contributed by atoms with Crippen molar-refractivity contribution >= 4 is 29.1 Å². The maximum absolute atomic E-state index is 12.4. The number of carbonyl (C=O) groups is 2. The minimum absolute atomic E-state index is 0.00483. The van der Waals surface area contributed by atoms with E-state index in [1.807, 2.05) is 43.3 Å². The molecule has 25 heavy (non-hydrogen) atoms. The van der Waals surface area contributed by atoms with Gasteiger partial charge in [-0.1, -0.05) is 48.0 Å². The molecular weight excluding hydrogens is 336 g/mol. The van der Waals surface area contributed by atoms with Gasteiger partial charge in [0, 0.05) is 44.2 Å². The van der Waals surface area contributed by atoms with Crippen LogP contribution in [0.15, 0.2) is 48.5 Å². The van der Waals surface area contributed by atoms with Crippen LogP contribution in [0.3, 0.4) is 0 Å². The molecule has 0 N–H and O–H groups in total. The monoisotopic (exact) mass is 358 g/mol. The molecular formula is C20H23ClN2O2. The average Bonchev–Trinajstić information content (AvgIpc) is 2.58. The third-order valence-corrected chi connectivity index (χ3v) is 4.31. The molecule has 132 valence electrons. The van der Waals surface area contributed by atoms with E-state index in [4.69, 9.17) is 11.6 Å². The van der Waals surface area contributed by atoms with Gasteiger partial charge in [0.15, 0.2) is 0 Å². The van der Waals surface area contributed by atoms with Crippen LogP contribution in [0.4, 0.5) is 5.69 Å². The molecule has 5 heteroatoms. The Labute approximate surface area is 154 Å². The summed E-state index contributed by atoms with van der Waals surface area (Å²) in [6.07, 6.45) is 0.259. The zero-order chi connectivity index (χ0) is 18.4. The lowest BCUT2D eigenvalue weighted by Gasteiger charge is -2.24. The predicted molar refractivity (Wildman–Crippen MR) is 102 cm³/mol. The second kappa shape index (κ2) is 8.67. The van der Waals surface area contributed by atoms with Gasteiger partial charge < -0.3 is 9.80 Å². The fourth-order valence-corrected chi connectivity index (χ4v) is 2.83. The van der Waals surface area contributed by atoms with Crippen molar-refractivity contribution in [1.29, 1.82) is 0 Å². The Balaban J connectivity index is 2.02.